The topological polar surface area (TPSA) is 32.7 Å². The third kappa shape index (κ3) is 5.22. The lowest BCUT2D eigenvalue weighted by Gasteiger charge is -2.30. The molecule has 3 rings (SSSR count). The molecule has 1 saturated heterocycles. The first kappa shape index (κ1) is 17.8. The number of piperidine rings is 1. The zero-order chi connectivity index (χ0) is 16.8. The number of aliphatic hydroxyl groups is 1. The molecule has 0 spiro atoms. The second-order valence-corrected chi connectivity index (χ2v) is 7.82. The van der Waals surface area contributed by atoms with Gasteiger partial charge in [-0.05, 0) is 81.0 Å². The van der Waals surface area contributed by atoms with Crippen molar-refractivity contribution in [1.82, 2.24) is 4.90 Å². The summed E-state index contributed by atoms with van der Waals surface area (Å²) < 4.78 is 5.92. The normalized spacial score (nSPS) is 28.7. The molecule has 1 N–H and O–H groups in total. The maximum atomic E-state index is 9.62. The molecule has 3 nitrogen and oxygen atoms in total. The molecule has 1 saturated carbocycles. The van der Waals surface area contributed by atoms with Gasteiger partial charge in [0.25, 0.3) is 0 Å². The van der Waals surface area contributed by atoms with Crippen LogP contribution in [-0.4, -0.2) is 42.4 Å². The number of benzene rings is 1. The van der Waals surface area contributed by atoms with Crippen molar-refractivity contribution in [2.24, 2.45) is 5.92 Å². The number of aliphatic hydroxyl groups excluding tert-OH is 1. The fraction of sp³-hybridized carbons (Fsp3) is 0.714. The average Bonchev–Trinajstić information content (AvgIpc) is 2.60. The lowest BCUT2D eigenvalue weighted by molar-refractivity contribution is 0.122. The highest BCUT2D eigenvalue weighted by Gasteiger charge is 2.20. The highest BCUT2D eigenvalue weighted by Crippen LogP contribution is 2.33. The zero-order valence-electron chi connectivity index (χ0n) is 15.1. The van der Waals surface area contributed by atoms with Gasteiger partial charge in [0, 0.05) is 13.1 Å². The summed E-state index contributed by atoms with van der Waals surface area (Å²) in [6, 6.07) is 8.65. The van der Waals surface area contributed by atoms with Gasteiger partial charge in [-0.15, -0.1) is 0 Å². The van der Waals surface area contributed by atoms with Crippen LogP contribution in [-0.2, 0) is 0 Å². The molecule has 1 aromatic rings. The first-order valence-electron chi connectivity index (χ1n) is 9.84. The van der Waals surface area contributed by atoms with E-state index < -0.39 is 0 Å². The Bertz CT molecular complexity index is 479. The molecule has 0 unspecified atom stereocenters. The second-order valence-electron chi connectivity index (χ2n) is 7.82. The average molecular weight is 332 g/mol. The molecule has 2 aliphatic rings. The van der Waals surface area contributed by atoms with E-state index in [4.69, 9.17) is 4.74 Å². The Balaban J connectivity index is 1.37. The number of nitrogens with zero attached hydrogens (tertiary/aromatic N) is 1. The highest BCUT2D eigenvalue weighted by atomic mass is 16.5. The van der Waals surface area contributed by atoms with Gasteiger partial charge in [0.05, 0.1) is 12.7 Å². The van der Waals surface area contributed by atoms with Gasteiger partial charge < -0.3 is 14.7 Å². The Morgan fingerprint density at radius 2 is 1.83 bits per heavy atom. The smallest absolute Gasteiger partial charge is 0.119 e. The van der Waals surface area contributed by atoms with Gasteiger partial charge in [-0.25, -0.2) is 0 Å². The van der Waals surface area contributed by atoms with Crippen LogP contribution in [0.2, 0.25) is 0 Å². The van der Waals surface area contributed by atoms with Crippen molar-refractivity contribution in [3.63, 3.8) is 0 Å². The molecule has 0 aromatic heterocycles. The SMILES string of the molecule is C[C@H]1CCCN(CCCOc2ccc(C3CCC(O)CC3)cc2)C1. The van der Waals surface area contributed by atoms with E-state index in [1.165, 1.54) is 31.5 Å². The molecule has 1 aliphatic carbocycles. The Labute approximate surface area is 147 Å². The minimum atomic E-state index is -0.0771. The van der Waals surface area contributed by atoms with Crippen molar-refractivity contribution in [2.75, 3.05) is 26.2 Å². The summed E-state index contributed by atoms with van der Waals surface area (Å²) in [4.78, 5) is 2.58. The molecule has 24 heavy (non-hydrogen) atoms. The number of hydrogen-bond donors (Lipinski definition) is 1. The van der Waals surface area contributed by atoms with Crippen molar-refractivity contribution in [3.8, 4) is 5.75 Å². The Morgan fingerprint density at radius 1 is 1.08 bits per heavy atom. The number of ether oxygens (including phenoxy) is 1. The first-order valence-corrected chi connectivity index (χ1v) is 9.84. The molecular weight excluding hydrogens is 298 g/mol. The predicted octanol–water partition coefficient (Wildman–Crippen LogP) is 4.21. The monoisotopic (exact) mass is 331 g/mol. The quantitative estimate of drug-likeness (QED) is 0.793. The van der Waals surface area contributed by atoms with Crippen LogP contribution in [0.25, 0.3) is 0 Å². The van der Waals surface area contributed by atoms with Crippen LogP contribution in [0.4, 0.5) is 0 Å². The van der Waals surface area contributed by atoms with E-state index in [0.29, 0.717) is 5.92 Å². The van der Waals surface area contributed by atoms with E-state index in [9.17, 15) is 5.11 Å². The summed E-state index contributed by atoms with van der Waals surface area (Å²) in [5.41, 5.74) is 1.40. The Kier molecular flexibility index (Phi) is 6.56. The Hall–Kier alpha value is -1.06. The molecule has 0 bridgehead atoms. The van der Waals surface area contributed by atoms with Crippen LogP contribution in [0.5, 0.6) is 5.75 Å². The minimum Gasteiger partial charge on any atom is -0.494 e. The van der Waals surface area contributed by atoms with E-state index in [1.54, 1.807) is 0 Å². The minimum absolute atomic E-state index is 0.0771. The van der Waals surface area contributed by atoms with Crippen molar-refractivity contribution >= 4 is 0 Å². The fourth-order valence-electron chi connectivity index (χ4n) is 4.21. The lowest BCUT2D eigenvalue weighted by atomic mass is 9.83. The van der Waals surface area contributed by atoms with E-state index in [2.05, 4.69) is 36.1 Å². The van der Waals surface area contributed by atoms with Gasteiger partial charge in [0.2, 0.25) is 0 Å². The fourth-order valence-corrected chi connectivity index (χ4v) is 4.21. The predicted molar refractivity (Wildman–Crippen MR) is 98.6 cm³/mol. The van der Waals surface area contributed by atoms with Crippen molar-refractivity contribution < 1.29 is 9.84 Å². The van der Waals surface area contributed by atoms with Crippen molar-refractivity contribution in [2.45, 2.75) is 63.9 Å². The van der Waals surface area contributed by atoms with Gasteiger partial charge in [-0.1, -0.05) is 19.1 Å². The maximum Gasteiger partial charge on any atom is 0.119 e. The summed E-state index contributed by atoms with van der Waals surface area (Å²) in [7, 11) is 0. The zero-order valence-corrected chi connectivity index (χ0v) is 15.1. The number of hydrogen-bond acceptors (Lipinski definition) is 3. The molecule has 1 atom stereocenters. The third-order valence-electron chi connectivity index (χ3n) is 5.68. The van der Waals surface area contributed by atoms with Crippen LogP contribution in [0, 0.1) is 5.92 Å². The molecule has 2 fully saturated rings. The van der Waals surface area contributed by atoms with E-state index >= 15 is 0 Å². The highest BCUT2D eigenvalue weighted by molar-refractivity contribution is 5.29. The van der Waals surface area contributed by atoms with Crippen LogP contribution < -0.4 is 4.74 Å². The van der Waals surface area contributed by atoms with E-state index in [1.807, 2.05) is 0 Å². The molecule has 0 radical (unpaired) electrons. The summed E-state index contributed by atoms with van der Waals surface area (Å²) in [5.74, 6) is 2.46. The van der Waals surface area contributed by atoms with Gasteiger partial charge in [0.15, 0.2) is 0 Å². The van der Waals surface area contributed by atoms with Gasteiger partial charge in [-0.3, -0.25) is 0 Å². The van der Waals surface area contributed by atoms with Crippen molar-refractivity contribution in [3.05, 3.63) is 29.8 Å². The summed E-state index contributed by atoms with van der Waals surface area (Å²) in [6.07, 6.45) is 7.86. The van der Waals surface area contributed by atoms with Crippen molar-refractivity contribution in [1.29, 1.82) is 0 Å². The van der Waals surface area contributed by atoms with Crippen LogP contribution in [0.1, 0.15) is 63.4 Å². The first-order chi connectivity index (χ1) is 11.7. The van der Waals surface area contributed by atoms with Gasteiger partial charge >= 0.3 is 0 Å². The maximum absolute atomic E-state index is 9.62. The van der Waals surface area contributed by atoms with E-state index in [-0.39, 0.29) is 6.10 Å². The van der Waals surface area contributed by atoms with Crippen LogP contribution >= 0.6 is 0 Å². The summed E-state index contributed by atoms with van der Waals surface area (Å²) in [5, 5.41) is 9.62. The largest absolute Gasteiger partial charge is 0.494 e. The second kappa shape index (κ2) is 8.87. The lowest BCUT2D eigenvalue weighted by Crippen LogP contribution is -2.35. The summed E-state index contributed by atoms with van der Waals surface area (Å²) >= 11 is 0. The molecule has 1 aliphatic heterocycles. The number of rotatable bonds is 6. The molecule has 0 amide bonds. The van der Waals surface area contributed by atoms with Crippen LogP contribution in [0.15, 0.2) is 24.3 Å². The molecule has 3 heteroatoms. The molecule has 1 heterocycles. The summed E-state index contributed by atoms with van der Waals surface area (Å²) in [6.45, 7) is 6.84. The van der Waals surface area contributed by atoms with Gasteiger partial charge in [-0.2, -0.15) is 0 Å². The van der Waals surface area contributed by atoms with Crippen LogP contribution in [0.3, 0.4) is 0 Å². The standard InChI is InChI=1S/C21H33NO2/c1-17-4-2-13-22(16-17)14-3-15-24-21-11-7-19(8-12-21)18-5-9-20(23)10-6-18/h7-8,11-12,17-18,20,23H,2-6,9-10,13-16H2,1H3/t17-,18?,20?/m0/s1. The molecular formula is C21H33NO2. The van der Waals surface area contributed by atoms with E-state index in [0.717, 1.165) is 56.9 Å². The number of likely N-dealkylation sites (tertiary alicyclic amines) is 1. The third-order valence-corrected chi connectivity index (χ3v) is 5.68. The van der Waals surface area contributed by atoms with Gasteiger partial charge in [0.1, 0.15) is 5.75 Å². The molecule has 134 valence electrons. The Morgan fingerprint density at radius 3 is 2.54 bits per heavy atom. The molecule has 1 aromatic carbocycles.